The largest absolute Gasteiger partial charge is 0.497 e. The molecule has 58 heavy (non-hydrogen) atoms. The smallest absolute Gasteiger partial charge is 0.248 e. The van der Waals surface area contributed by atoms with Crippen molar-refractivity contribution in [3.63, 3.8) is 0 Å². The average Bonchev–Trinajstić information content (AvgIpc) is 4.07. The van der Waals surface area contributed by atoms with E-state index in [1.165, 1.54) is 0 Å². The zero-order chi connectivity index (χ0) is 40.1. The summed E-state index contributed by atoms with van der Waals surface area (Å²) in [4.78, 5) is 39.0. The molecule has 20 nitrogen and oxygen atoms in total. The van der Waals surface area contributed by atoms with Gasteiger partial charge in [0.1, 0.15) is 24.6 Å². The highest BCUT2D eigenvalue weighted by molar-refractivity contribution is 5.78. The molecule has 0 aliphatic carbocycles. The Morgan fingerprint density at radius 3 is 1.45 bits per heavy atom. The first-order valence-corrected chi connectivity index (χ1v) is 19.1. The van der Waals surface area contributed by atoms with Gasteiger partial charge in [-0.05, 0) is 87.3 Å². The van der Waals surface area contributed by atoms with Gasteiger partial charge in [0.05, 0.1) is 51.1 Å². The van der Waals surface area contributed by atoms with Crippen molar-refractivity contribution < 1.29 is 28.1 Å². The SMILES string of the molecule is COc1ccc(-c2noc(Cn3cc(CN4CCCCN(Cc5cn(Cc6nc(-c7ccc(OC)cc7)no6)nn5)CC(=O)NCCCCNC(=O)C4)nn3)n2)cc1. The highest BCUT2D eigenvalue weighted by Crippen LogP contribution is 2.21. The van der Waals surface area contributed by atoms with Gasteiger partial charge in [-0.2, -0.15) is 9.97 Å². The van der Waals surface area contributed by atoms with E-state index in [0.717, 1.165) is 48.3 Å². The van der Waals surface area contributed by atoms with Crippen LogP contribution in [-0.2, 0) is 35.8 Å². The first-order valence-electron chi connectivity index (χ1n) is 19.1. The van der Waals surface area contributed by atoms with E-state index in [9.17, 15) is 9.59 Å². The van der Waals surface area contributed by atoms with E-state index in [-0.39, 0.29) is 38.0 Å². The molecular formula is C38H46N14O6. The Morgan fingerprint density at radius 2 is 1.03 bits per heavy atom. The van der Waals surface area contributed by atoms with Gasteiger partial charge in [0, 0.05) is 37.3 Å². The van der Waals surface area contributed by atoms with E-state index >= 15 is 0 Å². The van der Waals surface area contributed by atoms with Crippen LogP contribution < -0.4 is 20.1 Å². The van der Waals surface area contributed by atoms with Gasteiger partial charge in [0.2, 0.25) is 35.2 Å². The number of nitrogens with one attached hydrogen (secondary N) is 2. The number of carbonyl (C=O) groups is 2. The maximum absolute atomic E-state index is 13.0. The molecule has 6 aromatic rings. The monoisotopic (exact) mass is 794 g/mol. The van der Waals surface area contributed by atoms with E-state index in [2.05, 4.69) is 61.3 Å². The Morgan fingerprint density at radius 1 is 0.603 bits per heavy atom. The van der Waals surface area contributed by atoms with Crippen molar-refractivity contribution in [2.75, 3.05) is 53.5 Å². The van der Waals surface area contributed by atoms with E-state index in [0.29, 0.717) is 74.1 Å². The normalized spacial score (nSPS) is 15.6. The van der Waals surface area contributed by atoms with Gasteiger partial charge in [-0.15, -0.1) is 10.2 Å². The summed E-state index contributed by atoms with van der Waals surface area (Å²) >= 11 is 0. The van der Waals surface area contributed by atoms with Gasteiger partial charge in [-0.25, -0.2) is 9.36 Å². The van der Waals surface area contributed by atoms with Crippen LogP contribution in [0, 0.1) is 0 Å². The molecule has 1 aliphatic heterocycles. The Hall–Kier alpha value is -6.54. The van der Waals surface area contributed by atoms with Gasteiger partial charge in [-0.3, -0.25) is 19.4 Å². The highest BCUT2D eigenvalue weighted by Gasteiger charge is 2.18. The molecule has 5 heterocycles. The molecule has 1 aliphatic rings. The topological polar surface area (TPSA) is 222 Å². The van der Waals surface area contributed by atoms with E-state index in [1.54, 1.807) is 23.6 Å². The van der Waals surface area contributed by atoms with Crippen molar-refractivity contribution in [3.8, 4) is 34.3 Å². The number of amides is 2. The maximum atomic E-state index is 13.0. The first kappa shape index (κ1) is 39.7. The molecule has 7 rings (SSSR count). The summed E-state index contributed by atoms with van der Waals surface area (Å²) in [6.45, 7) is 4.08. The standard InChI is InChI=1S/C38H46N14O6/c1-55-31-11-7-27(8-12-31)37-41-35(57-45-37)25-51-21-29(43-47-51)19-49-17-5-6-18-50(24-34(54)40-16-4-3-15-39-33(53)23-49)20-30-22-52(48-44-30)26-36-42-38(46-58-36)28-9-13-32(56-2)14-10-28/h7-14,21-22H,3-6,15-20,23-26H2,1-2H3,(H,39,53)(H,40,54). The maximum Gasteiger partial charge on any atom is 0.248 e. The highest BCUT2D eigenvalue weighted by atomic mass is 16.5. The van der Waals surface area contributed by atoms with E-state index in [1.807, 2.05) is 60.9 Å². The predicted molar refractivity (Wildman–Crippen MR) is 206 cm³/mol. The molecule has 20 heteroatoms. The van der Waals surface area contributed by atoms with Crippen LogP contribution in [0.3, 0.4) is 0 Å². The number of hydrogen-bond donors (Lipinski definition) is 2. The minimum absolute atomic E-state index is 0.0670. The summed E-state index contributed by atoms with van der Waals surface area (Å²) in [5.74, 6) is 3.05. The molecule has 2 amide bonds. The second kappa shape index (κ2) is 19.6. The van der Waals surface area contributed by atoms with Crippen LogP contribution in [0.1, 0.15) is 48.9 Å². The zero-order valence-corrected chi connectivity index (χ0v) is 32.5. The molecule has 0 spiro atoms. The lowest BCUT2D eigenvalue weighted by Gasteiger charge is -2.23. The number of ether oxygens (including phenoxy) is 2. The fourth-order valence-corrected chi connectivity index (χ4v) is 6.39. The summed E-state index contributed by atoms with van der Waals surface area (Å²) in [6.07, 6.45) is 6.67. The number of nitrogens with zero attached hydrogens (tertiary/aromatic N) is 12. The number of aromatic nitrogens is 10. The van der Waals surface area contributed by atoms with Crippen molar-refractivity contribution in [3.05, 3.63) is 84.1 Å². The van der Waals surface area contributed by atoms with Gasteiger partial charge in [-0.1, -0.05) is 20.7 Å². The zero-order valence-electron chi connectivity index (χ0n) is 32.5. The molecule has 2 N–H and O–H groups in total. The molecule has 0 unspecified atom stereocenters. The fraction of sp³-hybridized carbons (Fsp3) is 0.421. The minimum Gasteiger partial charge on any atom is -0.497 e. The fourth-order valence-electron chi connectivity index (χ4n) is 6.39. The number of carbonyl (C=O) groups excluding carboxylic acids is 2. The van der Waals surface area contributed by atoms with Crippen LogP contribution in [0.25, 0.3) is 22.8 Å². The molecule has 0 radical (unpaired) electrons. The van der Waals surface area contributed by atoms with Crippen molar-refractivity contribution in [1.82, 2.24) is 70.7 Å². The molecule has 0 saturated carbocycles. The van der Waals surface area contributed by atoms with Crippen molar-refractivity contribution >= 4 is 11.8 Å². The number of rotatable bonds is 12. The predicted octanol–water partition coefficient (Wildman–Crippen LogP) is 2.19. The number of benzene rings is 2. The molecule has 4 aromatic heterocycles. The third-order valence-electron chi connectivity index (χ3n) is 9.35. The first-order chi connectivity index (χ1) is 28.4. The molecule has 0 bridgehead atoms. The Balaban J connectivity index is 0.939. The molecule has 0 atom stereocenters. The summed E-state index contributed by atoms with van der Waals surface area (Å²) in [5.41, 5.74) is 3.02. The molecule has 304 valence electrons. The lowest BCUT2D eigenvalue weighted by Crippen LogP contribution is -2.40. The molecule has 1 saturated heterocycles. The Bertz CT molecular complexity index is 2060. The second-order valence-corrected chi connectivity index (χ2v) is 13.8. The average molecular weight is 795 g/mol. The van der Waals surface area contributed by atoms with Crippen LogP contribution >= 0.6 is 0 Å². The van der Waals surface area contributed by atoms with Crippen LogP contribution in [0.2, 0.25) is 0 Å². The summed E-state index contributed by atoms with van der Waals surface area (Å²) in [7, 11) is 3.23. The van der Waals surface area contributed by atoms with E-state index in [4.69, 9.17) is 18.5 Å². The van der Waals surface area contributed by atoms with Crippen molar-refractivity contribution in [2.24, 2.45) is 0 Å². The van der Waals surface area contributed by atoms with Gasteiger partial charge < -0.3 is 29.2 Å². The van der Waals surface area contributed by atoms with Crippen LogP contribution in [0.5, 0.6) is 11.5 Å². The Labute approximate surface area is 333 Å². The van der Waals surface area contributed by atoms with E-state index < -0.39 is 0 Å². The van der Waals surface area contributed by atoms with Crippen LogP contribution in [0.15, 0.2) is 70.0 Å². The molecule has 2 aromatic carbocycles. The summed E-state index contributed by atoms with van der Waals surface area (Å²) in [5, 5.41) is 31.5. The van der Waals surface area contributed by atoms with Gasteiger partial charge >= 0.3 is 0 Å². The van der Waals surface area contributed by atoms with Crippen LogP contribution in [0.4, 0.5) is 0 Å². The number of hydrogen-bond acceptors (Lipinski definition) is 16. The van der Waals surface area contributed by atoms with Crippen molar-refractivity contribution in [2.45, 2.75) is 51.9 Å². The Kier molecular flexibility index (Phi) is 13.4. The molecule has 1 fully saturated rings. The molecular weight excluding hydrogens is 749 g/mol. The lowest BCUT2D eigenvalue weighted by atomic mass is 10.2. The quantitative estimate of drug-likeness (QED) is 0.181. The minimum atomic E-state index is -0.0670. The van der Waals surface area contributed by atoms with Crippen LogP contribution in [-0.4, -0.2) is 125 Å². The summed E-state index contributed by atoms with van der Waals surface area (Å²) in [6, 6.07) is 14.8. The third-order valence-corrected chi connectivity index (χ3v) is 9.35. The number of methoxy groups -OCH3 is 2. The van der Waals surface area contributed by atoms with Gasteiger partial charge in [0.25, 0.3) is 0 Å². The van der Waals surface area contributed by atoms with Crippen molar-refractivity contribution in [1.29, 1.82) is 0 Å². The lowest BCUT2D eigenvalue weighted by molar-refractivity contribution is -0.123. The van der Waals surface area contributed by atoms with Gasteiger partial charge in [0.15, 0.2) is 0 Å². The summed E-state index contributed by atoms with van der Waals surface area (Å²) < 4.78 is 24.7. The third kappa shape index (κ3) is 11.3. The second-order valence-electron chi connectivity index (χ2n) is 13.8.